The van der Waals surface area contributed by atoms with E-state index in [0.29, 0.717) is 34.7 Å². The second kappa shape index (κ2) is 41.6. The number of benzene rings is 4. The molecule has 0 spiro atoms. The van der Waals surface area contributed by atoms with Crippen molar-refractivity contribution in [2.75, 3.05) is 0 Å². The second-order valence-corrected chi connectivity index (χ2v) is 24.0. The molecule has 0 atom stereocenters. The second-order valence-electron chi connectivity index (χ2n) is 21.4. The van der Waals surface area contributed by atoms with Crippen molar-refractivity contribution in [3.8, 4) is 0 Å². The first kappa shape index (κ1) is 67.6. The van der Waals surface area contributed by atoms with E-state index in [2.05, 4.69) is 27.7 Å². The fraction of sp³-hybridized carbons (Fsp3) is 0.688. The summed E-state index contributed by atoms with van der Waals surface area (Å²) in [6, 6.07) is 19.7. The Kier molecular flexibility index (Phi) is 38.5. The number of hydrogen-bond donors (Lipinski definition) is 0. The van der Waals surface area contributed by atoms with E-state index in [1.54, 1.807) is 0 Å². The molecule has 0 aliphatic rings. The van der Waals surface area contributed by atoms with Crippen molar-refractivity contribution in [3.05, 3.63) is 82.9 Å². The zero-order valence-electron chi connectivity index (χ0n) is 47.0. The Labute approximate surface area is 478 Å². The maximum Gasteiger partial charge on any atom is 2.00 e. The van der Waals surface area contributed by atoms with Crippen LogP contribution < -0.4 is 0 Å². The van der Waals surface area contributed by atoms with E-state index in [-0.39, 0.29) is 47.5 Å². The van der Waals surface area contributed by atoms with Gasteiger partial charge in [-0.25, -0.2) is 16.8 Å². The predicted molar refractivity (Wildman–Crippen MR) is 313 cm³/mol. The van der Waals surface area contributed by atoms with Crippen LogP contribution in [0.1, 0.15) is 281 Å². The van der Waals surface area contributed by atoms with Crippen LogP contribution in [0.5, 0.6) is 0 Å². The molecule has 0 radical (unpaired) electrons. The molecule has 0 amide bonds. The summed E-state index contributed by atoms with van der Waals surface area (Å²) in [6.07, 6.45) is 47.6. The summed E-state index contributed by atoms with van der Waals surface area (Å²) in [5, 5.41) is 3.10. The summed E-state index contributed by atoms with van der Waals surface area (Å²) in [6.45, 7) is 8.97. The van der Waals surface area contributed by atoms with Crippen LogP contribution in [-0.2, 0) is 45.9 Å². The van der Waals surface area contributed by atoms with E-state index in [9.17, 15) is 25.9 Å². The predicted octanol–water partition coefficient (Wildman–Crippen LogP) is 19.4. The van der Waals surface area contributed by atoms with Crippen molar-refractivity contribution in [3.63, 3.8) is 0 Å². The first-order chi connectivity index (χ1) is 35.0. The van der Waals surface area contributed by atoms with Gasteiger partial charge in [-0.15, -0.1) is 0 Å². The van der Waals surface area contributed by atoms with E-state index < -0.39 is 20.2 Å². The summed E-state index contributed by atoms with van der Waals surface area (Å²) >= 11 is 0. The van der Waals surface area contributed by atoms with Gasteiger partial charge in [0.15, 0.2) is 0 Å². The molecular weight excluding hydrogens is 969 g/mol. The van der Waals surface area contributed by atoms with E-state index in [0.717, 1.165) is 86.1 Å². The van der Waals surface area contributed by atoms with Crippen molar-refractivity contribution in [2.45, 2.75) is 294 Å². The van der Waals surface area contributed by atoms with Gasteiger partial charge in [0.25, 0.3) is 0 Å². The molecule has 4 rings (SSSR count). The summed E-state index contributed by atoms with van der Waals surface area (Å²) < 4.78 is 74.7. The first-order valence-corrected chi connectivity index (χ1v) is 32.8. The van der Waals surface area contributed by atoms with E-state index in [1.165, 1.54) is 180 Å². The Hall–Kier alpha value is -1.52. The van der Waals surface area contributed by atoms with Crippen LogP contribution in [0.25, 0.3) is 21.5 Å². The van der Waals surface area contributed by atoms with Crippen LogP contribution in [0.2, 0.25) is 0 Å². The Bertz CT molecular complexity index is 2100. The average molecular weight is 1070 g/mol. The topological polar surface area (TPSA) is 114 Å². The van der Waals surface area contributed by atoms with E-state index in [1.807, 2.05) is 60.7 Å². The normalized spacial score (nSPS) is 11.8. The number of rotatable bonds is 42. The molecule has 0 aliphatic heterocycles. The SMILES string of the molecule is CCCCCCCCCCCc1ccc2cccc(CCCCCCCCCCC)c2c1S(=O)(=O)[O-].CCCCCCCCCCCc1ccc2cccc(CCCCCCCCCCC)c2c1S(=O)(=O)[O-].[Ca+2]. The first-order valence-electron chi connectivity index (χ1n) is 30.0. The van der Waals surface area contributed by atoms with Crippen molar-refractivity contribution in [1.82, 2.24) is 0 Å². The number of unbranched alkanes of at least 4 members (excludes halogenated alkanes) is 32. The molecule has 0 fully saturated rings. The van der Waals surface area contributed by atoms with Gasteiger partial charge in [-0.1, -0.05) is 294 Å². The molecule has 0 N–H and O–H groups in total. The van der Waals surface area contributed by atoms with Crippen LogP contribution in [0, 0.1) is 0 Å². The fourth-order valence-corrected chi connectivity index (χ4v) is 12.8. The monoisotopic (exact) mass is 1070 g/mol. The molecule has 408 valence electrons. The minimum atomic E-state index is -4.54. The minimum Gasteiger partial charge on any atom is -0.744 e. The smallest absolute Gasteiger partial charge is 0.744 e. The Morgan fingerprint density at radius 2 is 0.507 bits per heavy atom. The third kappa shape index (κ3) is 28.1. The van der Waals surface area contributed by atoms with Crippen molar-refractivity contribution < 1.29 is 25.9 Å². The van der Waals surface area contributed by atoms with Gasteiger partial charge in [0.2, 0.25) is 0 Å². The van der Waals surface area contributed by atoms with E-state index in [4.69, 9.17) is 0 Å². The van der Waals surface area contributed by atoms with Gasteiger partial charge < -0.3 is 9.11 Å². The molecule has 0 saturated carbocycles. The quantitative estimate of drug-likeness (QED) is 0.0248. The summed E-state index contributed by atoms with van der Waals surface area (Å²) in [5.41, 5.74) is 3.44. The largest absolute Gasteiger partial charge is 2.00 e. The van der Waals surface area contributed by atoms with Crippen LogP contribution in [0.15, 0.2) is 70.5 Å². The minimum absolute atomic E-state index is 0. The third-order valence-electron chi connectivity index (χ3n) is 15.0. The maximum atomic E-state index is 12.4. The van der Waals surface area contributed by atoms with Gasteiger partial charge in [0.1, 0.15) is 20.2 Å². The van der Waals surface area contributed by atoms with Crippen LogP contribution in [-0.4, -0.2) is 63.7 Å². The molecule has 9 heteroatoms. The zero-order chi connectivity index (χ0) is 52.1. The molecule has 0 aromatic heterocycles. The molecule has 0 bridgehead atoms. The molecule has 0 aliphatic carbocycles. The van der Waals surface area contributed by atoms with Crippen molar-refractivity contribution in [1.29, 1.82) is 0 Å². The molecule has 0 heterocycles. The van der Waals surface area contributed by atoms with Gasteiger partial charge in [0.05, 0.1) is 9.79 Å². The Morgan fingerprint density at radius 3 is 0.740 bits per heavy atom. The number of fused-ring (bicyclic) bond motifs is 2. The number of hydrogen-bond acceptors (Lipinski definition) is 6. The average Bonchev–Trinajstić information content (AvgIpc) is 3.36. The molecule has 73 heavy (non-hydrogen) atoms. The van der Waals surface area contributed by atoms with Gasteiger partial charge in [-0.2, -0.15) is 0 Å². The summed E-state index contributed by atoms with van der Waals surface area (Å²) in [7, 11) is -9.09. The summed E-state index contributed by atoms with van der Waals surface area (Å²) in [5.74, 6) is 0. The Balaban J connectivity index is 0.000000493. The van der Waals surface area contributed by atoms with Crippen LogP contribution in [0.3, 0.4) is 0 Å². The van der Waals surface area contributed by atoms with Gasteiger partial charge in [0, 0.05) is 10.8 Å². The van der Waals surface area contributed by atoms with Crippen molar-refractivity contribution in [2.24, 2.45) is 0 Å². The molecule has 6 nitrogen and oxygen atoms in total. The molecule has 0 unspecified atom stereocenters. The maximum absolute atomic E-state index is 12.4. The molecule has 4 aromatic carbocycles. The Morgan fingerprint density at radius 1 is 0.288 bits per heavy atom. The number of aryl methyl sites for hydroxylation is 4. The van der Waals surface area contributed by atoms with Crippen LogP contribution >= 0.6 is 0 Å². The van der Waals surface area contributed by atoms with Gasteiger partial charge in [-0.3, -0.25) is 0 Å². The molecular formula is C64H102CaO6S2. The molecule has 0 saturated heterocycles. The fourth-order valence-electron chi connectivity index (χ4n) is 10.8. The standard InChI is InChI=1S/2C32H52O3S.Ca/c2*1-3-5-7-9-11-13-15-17-19-22-28-24-21-25-29-26-27-30(32(31(28)29)36(33,34)35)23-20-18-16-14-12-10-8-6-4-2;/h2*21,24-27H,3-20,22-23H2,1-2H3,(H,33,34,35);/q;;+2/p-2. The van der Waals surface area contributed by atoms with Crippen molar-refractivity contribution >= 4 is 79.5 Å². The van der Waals surface area contributed by atoms with Gasteiger partial charge >= 0.3 is 37.7 Å². The van der Waals surface area contributed by atoms with Crippen LogP contribution in [0.4, 0.5) is 0 Å². The van der Waals surface area contributed by atoms with E-state index >= 15 is 0 Å². The zero-order valence-corrected chi connectivity index (χ0v) is 50.9. The summed E-state index contributed by atoms with van der Waals surface area (Å²) in [4.78, 5) is 0.0946. The van der Waals surface area contributed by atoms with Gasteiger partial charge in [-0.05, 0) is 84.4 Å². The third-order valence-corrected chi connectivity index (χ3v) is 17.0. The molecule has 4 aromatic rings.